The summed E-state index contributed by atoms with van der Waals surface area (Å²) < 4.78 is 5.60. The maximum absolute atomic E-state index is 12.2. The molecule has 0 saturated carbocycles. The van der Waals surface area contributed by atoms with Crippen molar-refractivity contribution in [1.29, 1.82) is 0 Å². The van der Waals surface area contributed by atoms with Crippen molar-refractivity contribution in [3.8, 4) is 5.75 Å². The third-order valence-corrected chi connectivity index (χ3v) is 3.60. The number of nitrogens with zero attached hydrogens (tertiary/aromatic N) is 1. The molecular weight excluding hydrogens is 348 g/mol. The fourth-order valence-corrected chi connectivity index (χ4v) is 2.22. The molecule has 1 amide bonds. The zero-order valence-electron chi connectivity index (χ0n) is 15.1. The van der Waals surface area contributed by atoms with Crippen LogP contribution in [0.4, 0.5) is 0 Å². The highest BCUT2D eigenvalue weighted by Crippen LogP contribution is 2.14. The van der Waals surface area contributed by atoms with Crippen LogP contribution in [-0.4, -0.2) is 36.9 Å². The number of nitrogens with one attached hydrogen (secondary N) is 1. The summed E-state index contributed by atoms with van der Waals surface area (Å²) in [6.07, 6.45) is 4.40. The van der Waals surface area contributed by atoms with Crippen molar-refractivity contribution in [2.75, 3.05) is 20.3 Å². The number of hydrogen-bond acceptors (Lipinski definition) is 6. The predicted molar refractivity (Wildman–Crippen MR) is 99.3 cm³/mol. The van der Waals surface area contributed by atoms with Gasteiger partial charge in [-0.1, -0.05) is 6.58 Å². The normalized spacial score (nSPS) is 10.1. The van der Waals surface area contributed by atoms with Gasteiger partial charge in [-0.15, -0.1) is 0 Å². The van der Waals surface area contributed by atoms with Gasteiger partial charge in [0.2, 0.25) is 0 Å². The average Bonchev–Trinajstić information content (AvgIpc) is 2.70. The number of pyridine rings is 1. The third-order valence-electron chi connectivity index (χ3n) is 3.60. The van der Waals surface area contributed by atoms with Crippen LogP contribution in [0.3, 0.4) is 0 Å². The van der Waals surface area contributed by atoms with Gasteiger partial charge in [0, 0.05) is 29.9 Å². The zero-order valence-corrected chi connectivity index (χ0v) is 15.1. The second-order valence-electron chi connectivity index (χ2n) is 5.61. The lowest BCUT2D eigenvalue weighted by atomic mass is 10.1. The number of ketones is 1. The minimum absolute atomic E-state index is 0.0804. The van der Waals surface area contributed by atoms with Crippen molar-refractivity contribution in [3.63, 3.8) is 0 Å². The molecule has 1 heterocycles. The Morgan fingerprint density at radius 2 is 1.78 bits per heavy atom. The SMILES string of the molecule is C=C(CCCOc1ccc(C(=O)CNC(=O)c2ccncc2)cc1)OOC. The van der Waals surface area contributed by atoms with Crippen LogP contribution in [0.2, 0.25) is 0 Å². The number of carbonyl (C=O) groups is 2. The second kappa shape index (κ2) is 10.7. The highest BCUT2D eigenvalue weighted by molar-refractivity contribution is 6.02. The molecule has 1 aromatic heterocycles. The summed E-state index contributed by atoms with van der Waals surface area (Å²) in [6.45, 7) is 4.10. The quantitative estimate of drug-likeness (QED) is 0.215. The number of carbonyl (C=O) groups excluding carboxylic acids is 2. The van der Waals surface area contributed by atoms with E-state index in [1.807, 2.05) is 0 Å². The van der Waals surface area contributed by atoms with E-state index in [-0.39, 0.29) is 18.2 Å². The first-order chi connectivity index (χ1) is 13.1. The van der Waals surface area contributed by atoms with E-state index < -0.39 is 0 Å². The topological polar surface area (TPSA) is 86.8 Å². The maximum atomic E-state index is 12.2. The molecule has 0 spiro atoms. The van der Waals surface area contributed by atoms with Gasteiger partial charge in [0.15, 0.2) is 5.78 Å². The molecule has 7 nitrogen and oxygen atoms in total. The van der Waals surface area contributed by atoms with Gasteiger partial charge in [-0.05, 0) is 42.8 Å². The van der Waals surface area contributed by atoms with E-state index in [1.165, 1.54) is 19.5 Å². The average molecular weight is 370 g/mol. The summed E-state index contributed by atoms with van der Waals surface area (Å²) >= 11 is 0. The van der Waals surface area contributed by atoms with E-state index in [2.05, 4.69) is 21.8 Å². The number of Topliss-reactive ketones (excluding diaryl/α,β-unsaturated/α-hetero) is 1. The Bertz CT molecular complexity index is 760. The highest BCUT2D eigenvalue weighted by atomic mass is 17.2. The molecule has 7 heteroatoms. The first kappa shape index (κ1) is 20.1. The lowest BCUT2D eigenvalue weighted by Crippen LogP contribution is -2.29. The number of hydrogen-bond donors (Lipinski definition) is 1. The molecule has 1 N–H and O–H groups in total. The van der Waals surface area contributed by atoms with Gasteiger partial charge < -0.3 is 14.9 Å². The number of amides is 1. The Morgan fingerprint density at radius 3 is 2.44 bits per heavy atom. The summed E-state index contributed by atoms with van der Waals surface area (Å²) in [6, 6.07) is 9.95. The van der Waals surface area contributed by atoms with Crippen molar-refractivity contribution in [1.82, 2.24) is 10.3 Å². The summed E-state index contributed by atoms with van der Waals surface area (Å²) in [5.41, 5.74) is 0.958. The van der Waals surface area contributed by atoms with Crippen molar-refractivity contribution < 1.29 is 24.1 Å². The standard InChI is InChI=1S/C20H22N2O5/c1-15(27-25-2)4-3-13-26-18-7-5-16(6-8-18)19(23)14-22-20(24)17-9-11-21-12-10-17/h5-12H,1,3-4,13-14H2,2H3,(H,22,24). The third kappa shape index (κ3) is 6.91. The monoisotopic (exact) mass is 370 g/mol. The van der Waals surface area contributed by atoms with Gasteiger partial charge in [0.1, 0.15) is 11.5 Å². The van der Waals surface area contributed by atoms with Gasteiger partial charge in [-0.2, -0.15) is 4.89 Å². The van der Waals surface area contributed by atoms with E-state index in [1.54, 1.807) is 36.4 Å². The zero-order chi connectivity index (χ0) is 19.5. The molecule has 0 bridgehead atoms. The minimum atomic E-state index is -0.315. The Kier molecular flexibility index (Phi) is 7.99. The molecule has 0 aliphatic heterocycles. The molecule has 0 atom stereocenters. The number of allylic oxidation sites excluding steroid dienone is 1. The molecule has 142 valence electrons. The first-order valence-corrected chi connectivity index (χ1v) is 8.43. The number of benzene rings is 1. The number of aromatic nitrogens is 1. The molecule has 2 aromatic rings. The van der Waals surface area contributed by atoms with Crippen LogP contribution in [0, 0.1) is 0 Å². The van der Waals surface area contributed by atoms with E-state index in [9.17, 15) is 9.59 Å². The Balaban J connectivity index is 1.74. The summed E-state index contributed by atoms with van der Waals surface area (Å²) in [7, 11) is 1.43. The number of rotatable bonds is 11. The number of ether oxygens (including phenoxy) is 1. The van der Waals surface area contributed by atoms with Crippen LogP contribution in [0.25, 0.3) is 0 Å². The van der Waals surface area contributed by atoms with Crippen molar-refractivity contribution in [3.05, 3.63) is 72.3 Å². The Hall–Kier alpha value is -3.19. The van der Waals surface area contributed by atoms with Crippen LogP contribution in [-0.2, 0) is 9.78 Å². The maximum Gasteiger partial charge on any atom is 0.251 e. The molecule has 0 aliphatic carbocycles. The van der Waals surface area contributed by atoms with Crippen LogP contribution in [0.15, 0.2) is 61.1 Å². The van der Waals surface area contributed by atoms with Crippen LogP contribution >= 0.6 is 0 Å². The van der Waals surface area contributed by atoms with Gasteiger partial charge >= 0.3 is 0 Å². The van der Waals surface area contributed by atoms with Gasteiger partial charge in [0.05, 0.1) is 20.3 Å². The van der Waals surface area contributed by atoms with E-state index in [4.69, 9.17) is 9.62 Å². The van der Waals surface area contributed by atoms with Crippen molar-refractivity contribution in [2.24, 2.45) is 0 Å². The molecule has 27 heavy (non-hydrogen) atoms. The smallest absolute Gasteiger partial charge is 0.251 e. The van der Waals surface area contributed by atoms with Crippen LogP contribution in [0.1, 0.15) is 33.6 Å². The molecule has 0 radical (unpaired) electrons. The Labute approximate surface area is 157 Å². The molecule has 0 fully saturated rings. The minimum Gasteiger partial charge on any atom is -0.494 e. The lowest BCUT2D eigenvalue weighted by molar-refractivity contribution is -0.239. The Morgan fingerprint density at radius 1 is 1.07 bits per heavy atom. The van der Waals surface area contributed by atoms with Gasteiger partial charge in [-0.3, -0.25) is 14.6 Å². The molecule has 0 aliphatic rings. The molecular formula is C20H22N2O5. The lowest BCUT2D eigenvalue weighted by Gasteiger charge is -2.08. The molecule has 0 unspecified atom stereocenters. The van der Waals surface area contributed by atoms with E-state index >= 15 is 0 Å². The van der Waals surface area contributed by atoms with E-state index in [0.29, 0.717) is 35.7 Å². The van der Waals surface area contributed by atoms with Gasteiger partial charge in [0.25, 0.3) is 5.91 Å². The molecule has 2 rings (SSSR count). The van der Waals surface area contributed by atoms with Crippen LogP contribution in [0.5, 0.6) is 5.75 Å². The first-order valence-electron chi connectivity index (χ1n) is 8.43. The van der Waals surface area contributed by atoms with Crippen LogP contribution < -0.4 is 10.1 Å². The van der Waals surface area contributed by atoms with Crippen molar-refractivity contribution in [2.45, 2.75) is 12.8 Å². The fourth-order valence-electron chi connectivity index (χ4n) is 2.22. The summed E-state index contributed by atoms with van der Waals surface area (Å²) in [5.74, 6) is 0.697. The predicted octanol–water partition coefficient (Wildman–Crippen LogP) is 2.95. The largest absolute Gasteiger partial charge is 0.494 e. The van der Waals surface area contributed by atoms with E-state index in [0.717, 1.165) is 6.42 Å². The summed E-state index contributed by atoms with van der Waals surface area (Å²) in [4.78, 5) is 37.3. The summed E-state index contributed by atoms with van der Waals surface area (Å²) in [5, 5.41) is 2.60. The van der Waals surface area contributed by atoms with Gasteiger partial charge in [-0.25, -0.2) is 0 Å². The second-order valence-corrected chi connectivity index (χ2v) is 5.61. The highest BCUT2D eigenvalue weighted by Gasteiger charge is 2.10. The molecule has 0 saturated heterocycles. The molecule has 1 aromatic carbocycles. The van der Waals surface area contributed by atoms with Crippen molar-refractivity contribution >= 4 is 11.7 Å². The fraction of sp³-hybridized carbons (Fsp3) is 0.250.